The van der Waals surface area contributed by atoms with Crippen molar-refractivity contribution in [2.45, 2.75) is 34.1 Å². The number of halogens is 1. The van der Waals surface area contributed by atoms with E-state index in [1.165, 1.54) is 6.07 Å². The van der Waals surface area contributed by atoms with Crippen LogP contribution in [0.4, 0.5) is 10.1 Å². The van der Waals surface area contributed by atoms with Gasteiger partial charge in [-0.3, -0.25) is 4.98 Å². The summed E-state index contributed by atoms with van der Waals surface area (Å²) < 4.78 is 13.5. The Balaban J connectivity index is 2.64. The molecule has 1 aromatic heterocycles. The van der Waals surface area contributed by atoms with Crippen LogP contribution >= 0.6 is 0 Å². The molecule has 2 aromatic rings. The molecule has 0 fully saturated rings. The van der Waals surface area contributed by atoms with E-state index in [0.29, 0.717) is 5.92 Å². The molecule has 0 aliphatic heterocycles. The van der Waals surface area contributed by atoms with Crippen molar-refractivity contribution < 1.29 is 4.39 Å². The number of pyridine rings is 1. The van der Waals surface area contributed by atoms with Crippen LogP contribution in [-0.2, 0) is 6.42 Å². The largest absolute Gasteiger partial charge is 0.385 e. The van der Waals surface area contributed by atoms with Crippen LogP contribution in [0.3, 0.4) is 0 Å². The molecule has 0 radical (unpaired) electrons. The monoisotopic (exact) mass is 260 g/mol. The Morgan fingerprint density at radius 3 is 2.63 bits per heavy atom. The minimum atomic E-state index is -0.221. The van der Waals surface area contributed by atoms with Crippen LogP contribution in [-0.4, -0.2) is 11.5 Å². The quantitative estimate of drug-likeness (QED) is 0.886. The van der Waals surface area contributed by atoms with E-state index >= 15 is 0 Å². The van der Waals surface area contributed by atoms with Gasteiger partial charge in [0.25, 0.3) is 0 Å². The third kappa shape index (κ3) is 3.03. The number of fused-ring (bicyclic) bond motifs is 1. The van der Waals surface area contributed by atoms with Crippen LogP contribution in [0.5, 0.6) is 0 Å². The Bertz CT molecular complexity index is 591. The number of benzene rings is 1. The summed E-state index contributed by atoms with van der Waals surface area (Å²) in [7, 11) is 0. The molecule has 0 unspecified atom stereocenters. The van der Waals surface area contributed by atoms with E-state index in [1.807, 2.05) is 6.92 Å². The molecule has 0 aliphatic rings. The summed E-state index contributed by atoms with van der Waals surface area (Å²) in [6.07, 6.45) is 0.907. The summed E-state index contributed by atoms with van der Waals surface area (Å²) in [5.41, 5.74) is 3.74. The molecule has 2 nitrogen and oxygen atoms in total. The lowest BCUT2D eigenvalue weighted by Crippen LogP contribution is -2.04. The fourth-order valence-corrected chi connectivity index (χ4v) is 2.44. The first kappa shape index (κ1) is 13.8. The van der Waals surface area contributed by atoms with Gasteiger partial charge in [-0.2, -0.15) is 0 Å². The third-order valence-electron chi connectivity index (χ3n) is 3.11. The minimum absolute atomic E-state index is 0.221. The van der Waals surface area contributed by atoms with Gasteiger partial charge in [0, 0.05) is 29.4 Å². The van der Waals surface area contributed by atoms with Gasteiger partial charge in [-0.05, 0) is 43.9 Å². The third-order valence-corrected chi connectivity index (χ3v) is 3.11. The molecule has 19 heavy (non-hydrogen) atoms. The Morgan fingerprint density at radius 1 is 1.26 bits per heavy atom. The lowest BCUT2D eigenvalue weighted by atomic mass is 10.0. The van der Waals surface area contributed by atoms with E-state index in [1.54, 1.807) is 6.07 Å². The standard InChI is InChI=1S/C16H21FN2/c1-5-18-14-9-13(6-10(2)3)19-15-8-12(17)7-11(4)16(14)15/h7-10H,5-6H2,1-4H3,(H,18,19). The lowest BCUT2D eigenvalue weighted by molar-refractivity contribution is 0.627. The summed E-state index contributed by atoms with van der Waals surface area (Å²) in [5.74, 6) is 0.315. The number of nitrogens with one attached hydrogen (secondary N) is 1. The van der Waals surface area contributed by atoms with Gasteiger partial charge >= 0.3 is 0 Å². The maximum Gasteiger partial charge on any atom is 0.125 e. The number of anilines is 1. The van der Waals surface area contributed by atoms with Crippen molar-refractivity contribution in [2.24, 2.45) is 5.92 Å². The smallest absolute Gasteiger partial charge is 0.125 e. The van der Waals surface area contributed by atoms with Crippen LogP contribution in [0, 0.1) is 18.7 Å². The fraction of sp³-hybridized carbons (Fsp3) is 0.438. The SMILES string of the molecule is CCNc1cc(CC(C)C)nc2cc(F)cc(C)c12. The second-order valence-electron chi connectivity index (χ2n) is 5.41. The second-order valence-corrected chi connectivity index (χ2v) is 5.41. The maximum absolute atomic E-state index is 13.5. The molecular weight excluding hydrogens is 239 g/mol. The van der Waals surface area contributed by atoms with Gasteiger partial charge in [-0.15, -0.1) is 0 Å². The van der Waals surface area contributed by atoms with Crippen LogP contribution < -0.4 is 5.32 Å². The number of aromatic nitrogens is 1. The number of nitrogens with zero attached hydrogens (tertiary/aromatic N) is 1. The minimum Gasteiger partial charge on any atom is -0.385 e. The number of rotatable bonds is 4. The first-order valence-corrected chi connectivity index (χ1v) is 6.85. The molecule has 0 aliphatic carbocycles. The zero-order valence-electron chi connectivity index (χ0n) is 12.0. The highest BCUT2D eigenvalue weighted by Crippen LogP contribution is 2.28. The molecule has 0 bridgehead atoms. The number of hydrogen-bond donors (Lipinski definition) is 1. The molecule has 0 saturated carbocycles. The van der Waals surface area contributed by atoms with Crippen molar-refractivity contribution in [3.8, 4) is 0 Å². The molecule has 0 saturated heterocycles. The van der Waals surface area contributed by atoms with Crippen molar-refractivity contribution in [3.63, 3.8) is 0 Å². The molecule has 0 atom stereocenters. The number of aryl methyl sites for hydroxylation is 1. The van der Waals surface area contributed by atoms with E-state index in [9.17, 15) is 4.39 Å². The van der Waals surface area contributed by atoms with Crippen molar-refractivity contribution in [1.82, 2.24) is 4.98 Å². The Morgan fingerprint density at radius 2 is 2.00 bits per heavy atom. The highest BCUT2D eigenvalue weighted by atomic mass is 19.1. The predicted molar refractivity (Wildman–Crippen MR) is 79.1 cm³/mol. The average molecular weight is 260 g/mol. The van der Waals surface area contributed by atoms with E-state index in [4.69, 9.17) is 0 Å². The van der Waals surface area contributed by atoms with E-state index in [2.05, 4.69) is 37.1 Å². The van der Waals surface area contributed by atoms with E-state index < -0.39 is 0 Å². The molecule has 3 heteroatoms. The van der Waals surface area contributed by atoms with Gasteiger partial charge in [-0.1, -0.05) is 13.8 Å². The highest BCUT2D eigenvalue weighted by molar-refractivity contribution is 5.94. The van der Waals surface area contributed by atoms with Gasteiger partial charge in [-0.25, -0.2) is 4.39 Å². The molecular formula is C16H21FN2. The van der Waals surface area contributed by atoms with Crippen molar-refractivity contribution in [1.29, 1.82) is 0 Å². The molecule has 102 valence electrons. The first-order valence-electron chi connectivity index (χ1n) is 6.85. The summed E-state index contributed by atoms with van der Waals surface area (Å²) in [6.45, 7) is 9.16. The topological polar surface area (TPSA) is 24.9 Å². The molecule has 0 spiro atoms. The van der Waals surface area contributed by atoms with Crippen LogP contribution in [0.15, 0.2) is 18.2 Å². The Kier molecular flexibility index (Phi) is 4.03. The van der Waals surface area contributed by atoms with E-state index in [-0.39, 0.29) is 5.82 Å². The number of hydrogen-bond acceptors (Lipinski definition) is 2. The molecule has 1 heterocycles. The maximum atomic E-state index is 13.5. The van der Waals surface area contributed by atoms with Gasteiger partial charge in [0.15, 0.2) is 0 Å². The van der Waals surface area contributed by atoms with Gasteiger partial charge in [0.2, 0.25) is 0 Å². The fourth-order valence-electron chi connectivity index (χ4n) is 2.44. The van der Waals surface area contributed by atoms with Crippen LogP contribution in [0.25, 0.3) is 10.9 Å². The summed E-state index contributed by atoms with van der Waals surface area (Å²) >= 11 is 0. The zero-order valence-corrected chi connectivity index (χ0v) is 12.0. The molecule has 1 aromatic carbocycles. The van der Waals surface area contributed by atoms with Crippen molar-refractivity contribution in [3.05, 3.63) is 35.3 Å². The van der Waals surface area contributed by atoms with Gasteiger partial charge < -0.3 is 5.32 Å². The van der Waals surface area contributed by atoms with E-state index in [0.717, 1.165) is 40.8 Å². The van der Waals surface area contributed by atoms with Crippen LogP contribution in [0.1, 0.15) is 32.0 Å². The molecule has 0 amide bonds. The lowest BCUT2D eigenvalue weighted by Gasteiger charge is -2.14. The molecule has 1 N–H and O–H groups in total. The zero-order chi connectivity index (χ0) is 14.0. The second kappa shape index (κ2) is 5.55. The Hall–Kier alpha value is -1.64. The predicted octanol–water partition coefficient (Wildman–Crippen LogP) is 4.31. The van der Waals surface area contributed by atoms with Gasteiger partial charge in [0.1, 0.15) is 5.82 Å². The van der Waals surface area contributed by atoms with Crippen molar-refractivity contribution >= 4 is 16.6 Å². The summed E-state index contributed by atoms with van der Waals surface area (Å²) in [5, 5.41) is 4.39. The highest BCUT2D eigenvalue weighted by Gasteiger charge is 2.10. The summed E-state index contributed by atoms with van der Waals surface area (Å²) in [4.78, 5) is 4.60. The van der Waals surface area contributed by atoms with Crippen molar-refractivity contribution in [2.75, 3.05) is 11.9 Å². The average Bonchev–Trinajstić information content (AvgIpc) is 2.26. The summed E-state index contributed by atoms with van der Waals surface area (Å²) in [6, 6.07) is 5.18. The van der Waals surface area contributed by atoms with Crippen LogP contribution in [0.2, 0.25) is 0 Å². The normalized spacial score (nSPS) is 11.3. The Labute approximate surface area is 114 Å². The van der Waals surface area contributed by atoms with Gasteiger partial charge in [0.05, 0.1) is 5.52 Å². The molecule has 2 rings (SSSR count). The first-order chi connectivity index (χ1) is 9.01.